The molecule has 6 nitrogen and oxygen atoms in total. The predicted molar refractivity (Wildman–Crippen MR) is 74.5 cm³/mol. The zero-order valence-corrected chi connectivity index (χ0v) is 12.7. The van der Waals surface area contributed by atoms with E-state index in [1.165, 1.54) is 0 Å². The molecule has 0 radical (unpaired) electrons. The fraction of sp³-hybridized carbons (Fsp3) is 0.667. The van der Waals surface area contributed by atoms with E-state index in [4.69, 9.17) is 9.57 Å². The molecule has 1 saturated carbocycles. The normalized spacial score (nSPS) is 26.8. The minimum Gasteiger partial charge on any atom is -0.492 e. The highest BCUT2D eigenvalue weighted by atomic mass is 16.8. The number of hydrogen-bond donors (Lipinski definition) is 2. The Bertz CT molecular complexity index is 563. The number of rotatable bonds is 1. The molecule has 6 heteroatoms. The Balaban J connectivity index is 1.90. The molecule has 21 heavy (non-hydrogen) atoms. The molecule has 0 amide bonds. The van der Waals surface area contributed by atoms with E-state index in [0.29, 0.717) is 5.92 Å². The highest BCUT2D eigenvalue weighted by molar-refractivity contribution is 5.63. The van der Waals surface area contributed by atoms with E-state index < -0.39 is 11.8 Å². The van der Waals surface area contributed by atoms with Gasteiger partial charge in [-0.2, -0.15) is 0 Å². The fourth-order valence-corrected chi connectivity index (χ4v) is 3.70. The second-order valence-corrected chi connectivity index (χ2v) is 6.97. The maximum absolute atomic E-state index is 11.7. The van der Waals surface area contributed by atoms with Gasteiger partial charge in [-0.25, -0.2) is 4.79 Å². The second-order valence-electron chi connectivity index (χ2n) is 6.97. The summed E-state index contributed by atoms with van der Waals surface area (Å²) in [4.78, 5) is 16.7. The van der Waals surface area contributed by atoms with Gasteiger partial charge in [0, 0.05) is 11.1 Å². The van der Waals surface area contributed by atoms with Crippen molar-refractivity contribution in [1.29, 1.82) is 0 Å². The summed E-state index contributed by atoms with van der Waals surface area (Å²) < 4.78 is 5.83. The molecule has 1 aromatic heterocycles. The molecule has 2 aliphatic rings. The Morgan fingerprint density at radius 1 is 1.14 bits per heavy atom. The standard InChI is InChI=1S/C15H21NO5/c1-7-8-5-6-9(7)11-10(8)12(17)16(13(11)18)21-14(19)20-15(2,3)4/h7-9,17-18H,5-6H2,1-4H3. The van der Waals surface area contributed by atoms with Gasteiger partial charge in [0.1, 0.15) is 5.60 Å². The van der Waals surface area contributed by atoms with Crippen molar-refractivity contribution in [1.82, 2.24) is 4.73 Å². The largest absolute Gasteiger partial charge is 0.534 e. The molecule has 1 heterocycles. The van der Waals surface area contributed by atoms with E-state index >= 15 is 0 Å². The van der Waals surface area contributed by atoms with Crippen LogP contribution in [0.2, 0.25) is 0 Å². The average molecular weight is 295 g/mol. The summed E-state index contributed by atoms with van der Waals surface area (Å²) in [6.45, 7) is 7.27. The van der Waals surface area contributed by atoms with Gasteiger partial charge in [-0.3, -0.25) is 4.84 Å². The minimum atomic E-state index is -0.956. The van der Waals surface area contributed by atoms with Gasteiger partial charge in [-0.1, -0.05) is 6.92 Å². The molecule has 1 aromatic rings. The number of nitrogens with zero attached hydrogens (tertiary/aromatic N) is 1. The van der Waals surface area contributed by atoms with Crippen molar-refractivity contribution in [3.8, 4) is 11.8 Å². The van der Waals surface area contributed by atoms with E-state index in [0.717, 1.165) is 28.7 Å². The van der Waals surface area contributed by atoms with Gasteiger partial charge in [0.15, 0.2) is 0 Å². The highest BCUT2D eigenvalue weighted by Crippen LogP contribution is 2.62. The molecule has 2 bridgehead atoms. The number of carbonyl (C=O) groups is 1. The SMILES string of the molecule is CC1C2CCC1c1c2c(O)n(OC(=O)OC(C)(C)C)c1O. The molecule has 0 aromatic carbocycles. The molecule has 3 rings (SSSR count). The van der Waals surface area contributed by atoms with Gasteiger partial charge >= 0.3 is 6.16 Å². The third-order valence-corrected chi connectivity index (χ3v) is 4.51. The van der Waals surface area contributed by atoms with Gasteiger partial charge in [0.25, 0.3) is 0 Å². The van der Waals surface area contributed by atoms with Crippen LogP contribution in [0.15, 0.2) is 0 Å². The van der Waals surface area contributed by atoms with Crippen molar-refractivity contribution < 1.29 is 24.6 Å². The summed E-state index contributed by atoms with van der Waals surface area (Å²) in [5.41, 5.74) is 0.741. The first-order chi connectivity index (χ1) is 9.70. The number of aromatic nitrogens is 1. The lowest BCUT2D eigenvalue weighted by Crippen LogP contribution is -2.29. The molecule has 2 atom stereocenters. The van der Waals surface area contributed by atoms with Crippen molar-refractivity contribution in [2.45, 2.75) is 58.0 Å². The topological polar surface area (TPSA) is 80.9 Å². The van der Waals surface area contributed by atoms with Crippen LogP contribution >= 0.6 is 0 Å². The Hall–Kier alpha value is -1.85. The summed E-state index contributed by atoms with van der Waals surface area (Å²) in [6, 6.07) is 0. The van der Waals surface area contributed by atoms with Crippen molar-refractivity contribution in [2.24, 2.45) is 5.92 Å². The van der Waals surface area contributed by atoms with Crippen LogP contribution in [0.3, 0.4) is 0 Å². The molecule has 2 N–H and O–H groups in total. The van der Waals surface area contributed by atoms with Crippen molar-refractivity contribution >= 4 is 6.16 Å². The van der Waals surface area contributed by atoms with E-state index in [9.17, 15) is 15.0 Å². The first kappa shape index (κ1) is 14.1. The summed E-state index contributed by atoms with van der Waals surface area (Å²) >= 11 is 0. The minimum absolute atomic E-state index is 0.188. The van der Waals surface area contributed by atoms with Crippen LogP contribution in [0.5, 0.6) is 11.8 Å². The number of hydrogen-bond acceptors (Lipinski definition) is 5. The Labute approximate surface area is 123 Å². The summed E-state index contributed by atoms with van der Waals surface area (Å²) in [5.74, 6) is 0.474. The lowest BCUT2D eigenvalue weighted by atomic mass is 9.95. The summed E-state index contributed by atoms with van der Waals surface area (Å²) in [7, 11) is 0. The smallest absolute Gasteiger partial charge is 0.492 e. The average Bonchev–Trinajstić information content (AvgIpc) is 2.92. The molecule has 116 valence electrons. The number of ether oxygens (including phenoxy) is 1. The van der Waals surface area contributed by atoms with Crippen LogP contribution in [0.4, 0.5) is 4.79 Å². The molecular weight excluding hydrogens is 274 g/mol. The van der Waals surface area contributed by atoms with Crippen molar-refractivity contribution in [2.75, 3.05) is 0 Å². The van der Waals surface area contributed by atoms with Gasteiger partial charge in [-0.15, -0.1) is 4.73 Å². The van der Waals surface area contributed by atoms with Crippen LogP contribution in [0.1, 0.15) is 63.5 Å². The molecular formula is C15H21NO5. The quantitative estimate of drug-likeness (QED) is 0.779. The first-order valence-corrected chi connectivity index (χ1v) is 7.28. The van der Waals surface area contributed by atoms with Crippen LogP contribution in [-0.4, -0.2) is 26.7 Å². The van der Waals surface area contributed by atoms with Crippen LogP contribution < -0.4 is 4.84 Å². The third-order valence-electron chi connectivity index (χ3n) is 4.51. The van der Waals surface area contributed by atoms with Gasteiger partial charge < -0.3 is 14.9 Å². The molecule has 2 aliphatic carbocycles. The van der Waals surface area contributed by atoms with E-state index in [1.54, 1.807) is 20.8 Å². The van der Waals surface area contributed by atoms with E-state index in [2.05, 4.69) is 6.92 Å². The lowest BCUT2D eigenvalue weighted by Gasteiger charge is -2.19. The van der Waals surface area contributed by atoms with Gasteiger partial charge in [-0.05, 0) is 51.4 Å². The Kier molecular flexibility index (Phi) is 2.90. The third kappa shape index (κ3) is 2.04. The molecule has 0 saturated heterocycles. The molecule has 2 unspecified atom stereocenters. The van der Waals surface area contributed by atoms with Crippen molar-refractivity contribution in [3.63, 3.8) is 0 Å². The first-order valence-electron chi connectivity index (χ1n) is 7.28. The summed E-state index contributed by atoms with van der Waals surface area (Å²) in [5, 5.41) is 20.6. The maximum atomic E-state index is 11.7. The maximum Gasteiger partial charge on any atom is 0.534 e. The zero-order chi connectivity index (χ0) is 15.5. The van der Waals surface area contributed by atoms with Gasteiger partial charge in [0.2, 0.25) is 11.8 Å². The lowest BCUT2D eigenvalue weighted by molar-refractivity contribution is -0.0176. The monoisotopic (exact) mass is 295 g/mol. The highest BCUT2D eigenvalue weighted by Gasteiger charge is 2.49. The zero-order valence-electron chi connectivity index (χ0n) is 12.7. The Morgan fingerprint density at radius 2 is 1.62 bits per heavy atom. The Morgan fingerprint density at radius 3 is 2.05 bits per heavy atom. The van der Waals surface area contributed by atoms with Gasteiger partial charge in [0.05, 0.1) is 0 Å². The van der Waals surface area contributed by atoms with Crippen molar-refractivity contribution in [3.05, 3.63) is 11.1 Å². The molecule has 0 spiro atoms. The second kappa shape index (κ2) is 4.32. The van der Waals surface area contributed by atoms with Crippen LogP contribution in [-0.2, 0) is 4.74 Å². The van der Waals surface area contributed by atoms with E-state index in [1.807, 2.05) is 0 Å². The molecule has 0 aliphatic heterocycles. The number of fused-ring (bicyclic) bond motifs is 5. The predicted octanol–water partition coefficient (Wildman–Crippen LogP) is 2.87. The fourth-order valence-electron chi connectivity index (χ4n) is 3.70. The number of carbonyl (C=O) groups excluding carboxylic acids is 1. The van der Waals surface area contributed by atoms with Crippen LogP contribution in [0.25, 0.3) is 0 Å². The molecule has 1 fully saturated rings. The summed E-state index contributed by atoms with van der Waals surface area (Å²) in [6.07, 6.45) is 1.02. The van der Waals surface area contributed by atoms with E-state index in [-0.39, 0.29) is 23.6 Å². The number of aromatic hydroxyl groups is 2. The van der Waals surface area contributed by atoms with Crippen LogP contribution in [0, 0.1) is 5.92 Å².